The summed E-state index contributed by atoms with van der Waals surface area (Å²) in [5.74, 6) is -0.704. The van der Waals surface area contributed by atoms with E-state index in [2.05, 4.69) is 5.16 Å². The molecule has 5 nitrogen and oxygen atoms in total. The number of nitrogens with zero attached hydrogens (tertiary/aromatic N) is 2. The molecule has 0 N–H and O–H groups in total. The minimum atomic E-state index is -0.670. The Labute approximate surface area is 203 Å². The number of methoxy groups -OCH3 is 1. The fourth-order valence-corrected chi connectivity index (χ4v) is 4.67. The number of carbonyl (C=O) groups is 1. The van der Waals surface area contributed by atoms with Crippen LogP contribution in [-0.4, -0.2) is 36.3 Å². The Morgan fingerprint density at radius 1 is 1.09 bits per heavy atom. The highest BCUT2D eigenvalue weighted by Crippen LogP contribution is 2.48. The first-order valence-electron chi connectivity index (χ1n) is 11.7. The van der Waals surface area contributed by atoms with Gasteiger partial charge in [-0.25, -0.2) is 8.78 Å². The molecule has 2 aliphatic rings. The first kappa shape index (κ1) is 23.0. The van der Waals surface area contributed by atoms with Crippen LogP contribution in [0.25, 0.3) is 0 Å². The molecule has 1 aliphatic heterocycles. The summed E-state index contributed by atoms with van der Waals surface area (Å²) in [7, 11) is 1.60. The van der Waals surface area contributed by atoms with Crippen molar-refractivity contribution >= 4 is 11.6 Å². The predicted octanol–water partition coefficient (Wildman–Crippen LogP) is 5.30. The highest BCUT2D eigenvalue weighted by atomic mass is 19.1. The van der Waals surface area contributed by atoms with Crippen molar-refractivity contribution in [3.8, 4) is 5.75 Å². The fourth-order valence-electron chi connectivity index (χ4n) is 4.67. The molecular weight excluding hydrogens is 450 g/mol. The van der Waals surface area contributed by atoms with Gasteiger partial charge in [0.2, 0.25) is 5.91 Å². The summed E-state index contributed by atoms with van der Waals surface area (Å²) in [6, 6.07) is 20.9. The fraction of sp³-hybridized carbons (Fsp3) is 0.286. The predicted molar refractivity (Wildman–Crippen MR) is 128 cm³/mol. The van der Waals surface area contributed by atoms with Crippen molar-refractivity contribution in [3.63, 3.8) is 0 Å². The van der Waals surface area contributed by atoms with Crippen molar-refractivity contribution in [1.29, 1.82) is 0 Å². The second kappa shape index (κ2) is 9.86. The Kier molecular flexibility index (Phi) is 6.49. The maximum Gasteiger partial charge on any atom is 0.226 e. The number of oxime groups is 1. The lowest BCUT2D eigenvalue weighted by Gasteiger charge is -2.25. The number of para-hydroxylation sites is 1. The molecule has 1 aliphatic carbocycles. The van der Waals surface area contributed by atoms with Crippen molar-refractivity contribution in [1.82, 2.24) is 4.90 Å². The Balaban J connectivity index is 1.32. The number of benzene rings is 3. The Morgan fingerprint density at radius 3 is 2.63 bits per heavy atom. The van der Waals surface area contributed by atoms with E-state index in [-0.39, 0.29) is 42.5 Å². The first-order chi connectivity index (χ1) is 17.0. The van der Waals surface area contributed by atoms with Gasteiger partial charge in [0, 0.05) is 36.1 Å². The largest absolute Gasteiger partial charge is 0.496 e. The lowest BCUT2D eigenvalue weighted by Crippen LogP contribution is -2.38. The van der Waals surface area contributed by atoms with Gasteiger partial charge in [-0.3, -0.25) is 4.79 Å². The zero-order valence-corrected chi connectivity index (χ0v) is 19.4. The van der Waals surface area contributed by atoms with Crippen LogP contribution in [0, 0.1) is 17.6 Å². The third-order valence-electron chi connectivity index (χ3n) is 6.60. The molecule has 0 saturated heterocycles. The summed E-state index contributed by atoms with van der Waals surface area (Å²) >= 11 is 0. The van der Waals surface area contributed by atoms with Crippen LogP contribution in [-0.2, 0) is 16.2 Å². The van der Waals surface area contributed by atoms with Crippen LogP contribution in [0.5, 0.6) is 5.75 Å². The van der Waals surface area contributed by atoms with E-state index in [1.807, 2.05) is 54.6 Å². The van der Waals surface area contributed by atoms with Gasteiger partial charge in [0.1, 0.15) is 17.4 Å². The van der Waals surface area contributed by atoms with E-state index >= 15 is 0 Å². The lowest BCUT2D eigenvalue weighted by molar-refractivity contribution is -0.135. The zero-order chi connectivity index (χ0) is 24.4. The van der Waals surface area contributed by atoms with Crippen LogP contribution in [0.2, 0.25) is 0 Å². The number of ether oxygens (including phenoxy) is 1. The quantitative estimate of drug-likeness (QED) is 0.443. The molecule has 7 heteroatoms. The van der Waals surface area contributed by atoms with Gasteiger partial charge in [-0.1, -0.05) is 53.7 Å². The zero-order valence-electron chi connectivity index (χ0n) is 19.4. The monoisotopic (exact) mass is 476 g/mol. The van der Waals surface area contributed by atoms with Crippen LogP contribution < -0.4 is 4.74 Å². The van der Waals surface area contributed by atoms with Gasteiger partial charge in [0.15, 0.2) is 6.10 Å². The number of rotatable bonds is 8. The summed E-state index contributed by atoms with van der Waals surface area (Å²) in [6.07, 6.45) is 0.860. The van der Waals surface area contributed by atoms with Gasteiger partial charge in [0.05, 0.1) is 19.4 Å². The SMILES string of the molecule is COc1ccccc1C1=NO[C@H](CN(Cc2ccc(F)cc2F)C(=O)[C@H]2C[C@H]2c2ccccc2)C1. The summed E-state index contributed by atoms with van der Waals surface area (Å²) < 4.78 is 33.4. The van der Waals surface area contributed by atoms with Crippen LogP contribution in [0.3, 0.4) is 0 Å². The molecule has 0 spiro atoms. The van der Waals surface area contributed by atoms with E-state index in [1.165, 1.54) is 12.1 Å². The molecule has 5 rings (SSSR count). The molecule has 1 heterocycles. The molecule has 0 unspecified atom stereocenters. The molecule has 1 fully saturated rings. The molecule has 3 aromatic rings. The number of carbonyl (C=O) groups excluding carboxylic acids is 1. The van der Waals surface area contributed by atoms with E-state index in [0.29, 0.717) is 12.2 Å². The van der Waals surface area contributed by atoms with Gasteiger partial charge in [-0.2, -0.15) is 0 Å². The van der Waals surface area contributed by atoms with Crippen LogP contribution in [0.15, 0.2) is 78.0 Å². The van der Waals surface area contributed by atoms with E-state index in [9.17, 15) is 13.6 Å². The van der Waals surface area contributed by atoms with Gasteiger partial charge in [-0.05, 0) is 36.1 Å². The molecule has 3 aromatic carbocycles. The third kappa shape index (κ3) is 5.04. The topological polar surface area (TPSA) is 51.1 Å². The van der Waals surface area contributed by atoms with E-state index in [4.69, 9.17) is 9.57 Å². The molecule has 0 bridgehead atoms. The number of hydrogen-bond acceptors (Lipinski definition) is 4. The second-order valence-electron chi connectivity index (χ2n) is 8.98. The number of halogens is 2. The third-order valence-corrected chi connectivity index (χ3v) is 6.60. The van der Waals surface area contributed by atoms with E-state index < -0.39 is 11.6 Å². The Hall–Kier alpha value is -3.74. The normalized spacial score (nSPS) is 20.7. The van der Waals surface area contributed by atoms with Gasteiger partial charge >= 0.3 is 0 Å². The molecule has 3 atom stereocenters. The standard InChI is InChI=1S/C28H26F2N2O3/c1-34-27-10-6-5-9-22(27)26-14-21(35-31-26)17-32(16-19-11-12-20(29)13-25(19)30)28(33)24-15-23(24)18-7-3-2-4-8-18/h2-13,21,23-24H,14-17H2,1H3/t21-,23-,24-/m0/s1. The van der Waals surface area contributed by atoms with E-state index in [0.717, 1.165) is 29.3 Å². The average molecular weight is 477 g/mol. The van der Waals surface area contributed by atoms with Crippen molar-refractivity contribution in [3.05, 3.63) is 101 Å². The molecule has 1 amide bonds. The Morgan fingerprint density at radius 2 is 1.86 bits per heavy atom. The van der Waals surface area contributed by atoms with Crippen molar-refractivity contribution in [2.45, 2.75) is 31.4 Å². The van der Waals surface area contributed by atoms with E-state index in [1.54, 1.807) is 12.0 Å². The Bertz CT molecular complexity index is 1250. The van der Waals surface area contributed by atoms with Crippen molar-refractivity contribution < 1.29 is 23.1 Å². The second-order valence-corrected chi connectivity index (χ2v) is 8.98. The number of amides is 1. The smallest absolute Gasteiger partial charge is 0.226 e. The molecule has 0 radical (unpaired) electrons. The highest BCUT2D eigenvalue weighted by molar-refractivity contribution is 6.03. The molecular formula is C28H26F2N2O3. The highest BCUT2D eigenvalue weighted by Gasteiger charge is 2.46. The summed E-state index contributed by atoms with van der Waals surface area (Å²) in [5.41, 5.74) is 2.96. The lowest BCUT2D eigenvalue weighted by atomic mass is 10.0. The van der Waals surface area contributed by atoms with Gasteiger partial charge in [0.25, 0.3) is 0 Å². The van der Waals surface area contributed by atoms with Crippen molar-refractivity contribution in [2.75, 3.05) is 13.7 Å². The minimum absolute atomic E-state index is 0.0345. The van der Waals surface area contributed by atoms with Gasteiger partial charge in [-0.15, -0.1) is 0 Å². The average Bonchev–Trinajstić information content (AvgIpc) is 3.55. The first-order valence-corrected chi connectivity index (χ1v) is 11.7. The van der Waals surface area contributed by atoms with Crippen molar-refractivity contribution in [2.24, 2.45) is 11.1 Å². The van der Waals surface area contributed by atoms with Crippen LogP contribution >= 0.6 is 0 Å². The molecule has 35 heavy (non-hydrogen) atoms. The summed E-state index contributed by atoms with van der Waals surface area (Å²) in [4.78, 5) is 20.8. The van der Waals surface area contributed by atoms with Crippen LogP contribution in [0.4, 0.5) is 8.78 Å². The summed E-state index contributed by atoms with van der Waals surface area (Å²) in [5, 5.41) is 4.24. The number of hydrogen-bond donors (Lipinski definition) is 0. The van der Waals surface area contributed by atoms with Gasteiger partial charge < -0.3 is 14.5 Å². The van der Waals surface area contributed by atoms with Crippen LogP contribution in [0.1, 0.15) is 35.4 Å². The molecule has 180 valence electrons. The molecule has 1 saturated carbocycles. The maximum atomic E-state index is 14.5. The minimum Gasteiger partial charge on any atom is -0.496 e. The maximum absolute atomic E-state index is 14.5. The summed E-state index contributed by atoms with van der Waals surface area (Å²) in [6.45, 7) is 0.280. The molecule has 0 aromatic heterocycles.